The van der Waals surface area contributed by atoms with E-state index in [9.17, 15) is 13.2 Å². The van der Waals surface area contributed by atoms with Gasteiger partial charge in [0.05, 0.1) is 5.56 Å². The molecule has 20 heavy (non-hydrogen) atoms. The SMILES string of the molecule is CCn1c(C)cnc1COc1ccc(C(F)(F)F)cc1. The van der Waals surface area contributed by atoms with E-state index in [1.54, 1.807) is 6.20 Å². The Hall–Kier alpha value is -1.98. The molecule has 3 nitrogen and oxygen atoms in total. The molecule has 0 aliphatic heterocycles. The first-order valence-electron chi connectivity index (χ1n) is 6.23. The van der Waals surface area contributed by atoms with Crippen molar-refractivity contribution in [2.45, 2.75) is 33.2 Å². The molecule has 0 bridgehead atoms. The Kier molecular flexibility index (Phi) is 4.01. The van der Waals surface area contributed by atoms with Gasteiger partial charge in [-0.05, 0) is 38.1 Å². The second kappa shape index (κ2) is 5.56. The molecule has 0 aliphatic rings. The summed E-state index contributed by atoms with van der Waals surface area (Å²) in [5, 5.41) is 0. The van der Waals surface area contributed by atoms with Gasteiger partial charge in [0.15, 0.2) is 0 Å². The van der Waals surface area contributed by atoms with Crippen LogP contribution in [0.25, 0.3) is 0 Å². The van der Waals surface area contributed by atoms with Gasteiger partial charge in [-0.2, -0.15) is 13.2 Å². The van der Waals surface area contributed by atoms with Crippen LogP contribution in [0, 0.1) is 6.92 Å². The van der Waals surface area contributed by atoms with Gasteiger partial charge in [-0.15, -0.1) is 0 Å². The Labute approximate surface area is 115 Å². The average molecular weight is 284 g/mol. The number of alkyl halides is 3. The van der Waals surface area contributed by atoms with E-state index in [4.69, 9.17) is 4.74 Å². The first kappa shape index (κ1) is 14.4. The Balaban J connectivity index is 2.04. The highest BCUT2D eigenvalue weighted by Crippen LogP contribution is 2.30. The van der Waals surface area contributed by atoms with Crippen molar-refractivity contribution in [1.82, 2.24) is 9.55 Å². The molecule has 0 spiro atoms. The second-order valence-corrected chi connectivity index (χ2v) is 4.37. The molecule has 0 radical (unpaired) electrons. The van der Waals surface area contributed by atoms with Crippen LogP contribution in [0.5, 0.6) is 5.75 Å². The van der Waals surface area contributed by atoms with Gasteiger partial charge in [-0.1, -0.05) is 0 Å². The molecule has 0 aliphatic carbocycles. The lowest BCUT2D eigenvalue weighted by molar-refractivity contribution is -0.137. The molecular formula is C14H15F3N2O. The number of imidazole rings is 1. The molecule has 6 heteroatoms. The van der Waals surface area contributed by atoms with Crippen LogP contribution >= 0.6 is 0 Å². The number of rotatable bonds is 4. The van der Waals surface area contributed by atoms with Crippen LogP contribution in [0.4, 0.5) is 13.2 Å². The molecule has 1 aromatic heterocycles. The van der Waals surface area contributed by atoms with Crippen molar-refractivity contribution in [1.29, 1.82) is 0 Å². The topological polar surface area (TPSA) is 27.1 Å². The molecule has 0 atom stereocenters. The first-order chi connectivity index (χ1) is 9.41. The third-order valence-corrected chi connectivity index (χ3v) is 3.00. The molecule has 0 N–H and O–H groups in total. The van der Waals surface area contributed by atoms with Crippen molar-refractivity contribution in [3.8, 4) is 5.75 Å². The van der Waals surface area contributed by atoms with Crippen LogP contribution in [-0.2, 0) is 19.3 Å². The summed E-state index contributed by atoms with van der Waals surface area (Å²) in [6.07, 6.45) is -2.58. The summed E-state index contributed by atoms with van der Waals surface area (Å²) >= 11 is 0. The summed E-state index contributed by atoms with van der Waals surface area (Å²) in [5.41, 5.74) is 0.342. The molecule has 1 aromatic carbocycles. The van der Waals surface area contributed by atoms with Gasteiger partial charge in [-0.3, -0.25) is 0 Å². The summed E-state index contributed by atoms with van der Waals surface area (Å²) in [6, 6.07) is 4.64. The molecule has 0 saturated heterocycles. The maximum absolute atomic E-state index is 12.4. The number of benzene rings is 1. The highest BCUT2D eigenvalue weighted by Gasteiger charge is 2.30. The van der Waals surface area contributed by atoms with Crippen LogP contribution in [0.15, 0.2) is 30.5 Å². The lowest BCUT2D eigenvalue weighted by Crippen LogP contribution is -2.08. The van der Waals surface area contributed by atoms with E-state index in [0.29, 0.717) is 5.75 Å². The van der Waals surface area contributed by atoms with Gasteiger partial charge >= 0.3 is 6.18 Å². The minimum Gasteiger partial charge on any atom is -0.486 e. The first-order valence-corrected chi connectivity index (χ1v) is 6.23. The fraction of sp³-hybridized carbons (Fsp3) is 0.357. The molecule has 1 heterocycles. The number of hydrogen-bond acceptors (Lipinski definition) is 2. The van der Waals surface area contributed by atoms with E-state index in [1.165, 1.54) is 12.1 Å². The zero-order valence-electron chi connectivity index (χ0n) is 11.2. The van der Waals surface area contributed by atoms with Gasteiger partial charge in [0, 0.05) is 18.4 Å². The number of aromatic nitrogens is 2. The van der Waals surface area contributed by atoms with E-state index in [1.807, 2.05) is 18.4 Å². The van der Waals surface area contributed by atoms with E-state index < -0.39 is 11.7 Å². The van der Waals surface area contributed by atoms with Crippen molar-refractivity contribution in [3.05, 3.63) is 47.5 Å². The summed E-state index contributed by atoms with van der Waals surface area (Å²) in [6.45, 7) is 4.94. The van der Waals surface area contributed by atoms with Crippen LogP contribution < -0.4 is 4.74 Å². The Bertz CT molecular complexity index is 573. The largest absolute Gasteiger partial charge is 0.486 e. The predicted molar refractivity (Wildman–Crippen MR) is 68.4 cm³/mol. The standard InChI is InChI=1S/C14H15F3N2O/c1-3-19-10(2)8-18-13(19)9-20-12-6-4-11(5-7-12)14(15,16)17/h4-8H,3,9H2,1-2H3. The van der Waals surface area contributed by atoms with Gasteiger partial charge in [0.25, 0.3) is 0 Å². The number of aryl methyl sites for hydroxylation is 1. The zero-order valence-corrected chi connectivity index (χ0v) is 11.2. The summed E-state index contributed by atoms with van der Waals surface area (Å²) < 4.78 is 44.7. The lowest BCUT2D eigenvalue weighted by atomic mass is 10.2. The Morgan fingerprint density at radius 2 is 1.85 bits per heavy atom. The molecule has 108 valence electrons. The van der Waals surface area contributed by atoms with Gasteiger partial charge in [-0.25, -0.2) is 4.98 Å². The molecular weight excluding hydrogens is 269 g/mol. The van der Waals surface area contributed by atoms with E-state index >= 15 is 0 Å². The maximum Gasteiger partial charge on any atom is 0.416 e. The van der Waals surface area contributed by atoms with Gasteiger partial charge in [0.1, 0.15) is 18.2 Å². The van der Waals surface area contributed by atoms with Crippen LogP contribution in [-0.4, -0.2) is 9.55 Å². The van der Waals surface area contributed by atoms with Crippen molar-refractivity contribution < 1.29 is 17.9 Å². The van der Waals surface area contributed by atoms with Crippen LogP contribution in [0.3, 0.4) is 0 Å². The highest BCUT2D eigenvalue weighted by molar-refractivity contribution is 5.28. The van der Waals surface area contributed by atoms with Crippen molar-refractivity contribution in [2.24, 2.45) is 0 Å². The van der Waals surface area contributed by atoms with Crippen molar-refractivity contribution in [3.63, 3.8) is 0 Å². The highest BCUT2D eigenvalue weighted by atomic mass is 19.4. The van der Waals surface area contributed by atoms with Crippen molar-refractivity contribution in [2.75, 3.05) is 0 Å². The Morgan fingerprint density at radius 1 is 1.20 bits per heavy atom. The fourth-order valence-corrected chi connectivity index (χ4v) is 1.95. The molecule has 0 saturated carbocycles. The monoisotopic (exact) mass is 284 g/mol. The van der Waals surface area contributed by atoms with Crippen LogP contribution in [0.2, 0.25) is 0 Å². The van der Waals surface area contributed by atoms with Crippen molar-refractivity contribution >= 4 is 0 Å². The number of ether oxygens (including phenoxy) is 1. The summed E-state index contributed by atoms with van der Waals surface area (Å²) in [4.78, 5) is 4.22. The van der Waals surface area contributed by atoms with E-state index in [0.717, 1.165) is 30.2 Å². The minimum atomic E-state index is -4.33. The zero-order chi connectivity index (χ0) is 14.8. The van der Waals surface area contributed by atoms with E-state index in [2.05, 4.69) is 4.98 Å². The second-order valence-electron chi connectivity index (χ2n) is 4.37. The van der Waals surface area contributed by atoms with Crippen LogP contribution in [0.1, 0.15) is 24.0 Å². The summed E-state index contributed by atoms with van der Waals surface area (Å²) in [5.74, 6) is 1.14. The number of hydrogen-bond donors (Lipinski definition) is 0. The normalized spacial score (nSPS) is 11.7. The maximum atomic E-state index is 12.4. The smallest absolute Gasteiger partial charge is 0.416 e. The average Bonchev–Trinajstić information content (AvgIpc) is 2.76. The van der Waals surface area contributed by atoms with Gasteiger partial charge < -0.3 is 9.30 Å². The molecule has 2 aromatic rings. The lowest BCUT2D eigenvalue weighted by Gasteiger charge is -2.10. The molecule has 0 fully saturated rings. The summed E-state index contributed by atoms with van der Waals surface area (Å²) in [7, 11) is 0. The number of halogens is 3. The molecule has 0 unspecified atom stereocenters. The fourth-order valence-electron chi connectivity index (χ4n) is 1.95. The third kappa shape index (κ3) is 3.12. The molecule has 2 rings (SSSR count). The predicted octanol–water partition coefficient (Wildman–Crippen LogP) is 3.81. The number of nitrogens with zero attached hydrogens (tertiary/aromatic N) is 2. The van der Waals surface area contributed by atoms with Gasteiger partial charge in [0.2, 0.25) is 0 Å². The molecule has 0 amide bonds. The van der Waals surface area contributed by atoms with E-state index in [-0.39, 0.29) is 6.61 Å². The third-order valence-electron chi connectivity index (χ3n) is 3.00. The quantitative estimate of drug-likeness (QED) is 0.853. The minimum absolute atomic E-state index is 0.229. The Morgan fingerprint density at radius 3 is 2.40 bits per heavy atom.